The van der Waals surface area contributed by atoms with Crippen LogP contribution in [0, 0.1) is 5.41 Å². The number of anilines is 1. The summed E-state index contributed by atoms with van der Waals surface area (Å²) in [5, 5.41) is 2.84. The van der Waals surface area contributed by atoms with Gasteiger partial charge in [0, 0.05) is 25.9 Å². The molecule has 2 rings (SSSR count). The van der Waals surface area contributed by atoms with E-state index in [9.17, 15) is 9.59 Å². The van der Waals surface area contributed by atoms with Crippen LogP contribution in [0.4, 0.5) is 5.69 Å². The molecule has 2 amide bonds. The summed E-state index contributed by atoms with van der Waals surface area (Å²) in [5.41, 5.74) is 0.593. The van der Waals surface area contributed by atoms with Crippen LogP contribution >= 0.6 is 0 Å². The Balaban J connectivity index is 2.20. The van der Waals surface area contributed by atoms with Gasteiger partial charge < -0.3 is 15.0 Å². The van der Waals surface area contributed by atoms with Crippen molar-refractivity contribution in [2.24, 2.45) is 5.41 Å². The van der Waals surface area contributed by atoms with Crippen LogP contribution in [-0.2, 0) is 20.9 Å². The fourth-order valence-electron chi connectivity index (χ4n) is 2.73. The van der Waals surface area contributed by atoms with Crippen molar-refractivity contribution < 1.29 is 14.3 Å². The summed E-state index contributed by atoms with van der Waals surface area (Å²) in [6.07, 6.45) is 0.707. The molecule has 27 heavy (non-hydrogen) atoms. The fourth-order valence-corrected chi connectivity index (χ4v) is 2.73. The Morgan fingerprint density at radius 2 is 1.59 bits per heavy atom. The normalized spacial score (nSPS) is 11.1. The molecule has 0 atom stereocenters. The summed E-state index contributed by atoms with van der Waals surface area (Å²) in [7, 11) is 1.62. The average Bonchev–Trinajstić information content (AvgIpc) is 2.70. The molecule has 144 valence electrons. The number of para-hydroxylation sites is 1. The number of hydrogen-bond donors (Lipinski definition) is 1. The largest absolute Gasteiger partial charge is 0.385 e. The van der Waals surface area contributed by atoms with Crippen molar-refractivity contribution in [3.8, 4) is 0 Å². The number of amides is 2. The van der Waals surface area contributed by atoms with Crippen LogP contribution in [0.15, 0.2) is 60.7 Å². The van der Waals surface area contributed by atoms with Crippen LogP contribution in [-0.4, -0.2) is 32.1 Å². The highest BCUT2D eigenvalue weighted by Gasteiger charge is 2.39. The van der Waals surface area contributed by atoms with Crippen LogP contribution in [0.2, 0.25) is 0 Å². The van der Waals surface area contributed by atoms with Gasteiger partial charge >= 0.3 is 0 Å². The highest BCUT2D eigenvalue weighted by Crippen LogP contribution is 2.26. The Hall–Kier alpha value is -2.66. The molecular weight excluding hydrogens is 340 g/mol. The van der Waals surface area contributed by atoms with Crippen molar-refractivity contribution in [2.45, 2.75) is 26.8 Å². The fraction of sp³-hybridized carbons (Fsp3) is 0.364. The third-order valence-electron chi connectivity index (χ3n) is 4.41. The Bertz CT molecular complexity index is 730. The number of benzene rings is 2. The molecule has 0 aromatic heterocycles. The lowest BCUT2D eigenvalue weighted by atomic mass is 9.89. The van der Waals surface area contributed by atoms with Gasteiger partial charge in [-0.05, 0) is 38.0 Å². The molecule has 0 spiro atoms. The smallest absolute Gasteiger partial charge is 0.242 e. The van der Waals surface area contributed by atoms with Crippen LogP contribution in [0.5, 0.6) is 0 Å². The first-order valence-electron chi connectivity index (χ1n) is 9.15. The molecule has 0 radical (unpaired) electrons. The predicted octanol–water partition coefficient (Wildman–Crippen LogP) is 3.40. The quantitative estimate of drug-likeness (QED) is 0.545. The van der Waals surface area contributed by atoms with Crippen molar-refractivity contribution >= 4 is 17.5 Å². The van der Waals surface area contributed by atoms with Crippen molar-refractivity contribution in [1.29, 1.82) is 0 Å². The van der Waals surface area contributed by atoms with Gasteiger partial charge in [0.2, 0.25) is 11.8 Å². The first-order valence-corrected chi connectivity index (χ1v) is 9.15. The van der Waals surface area contributed by atoms with E-state index < -0.39 is 5.41 Å². The van der Waals surface area contributed by atoms with Crippen LogP contribution in [0.1, 0.15) is 25.8 Å². The second-order valence-electron chi connectivity index (χ2n) is 6.94. The molecule has 0 saturated heterocycles. The van der Waals surface area contributed by atoms with E-state index in [1.807, 2.05) is 60.7 Å². The summed E-state index contributed by atoms with van der Waals surface area (Å²) in [6, 6.07) is 19.2. The number of nitrogens with one attached hydrogen (secondary N) is 1. The van der Waals surface area contributed by atoms with E-state index in [2.05, 4.69) is 5.32 Å². The van der Waals surface area contributed by atoms with E-state index >= 15 is 0 Å². The molecule has 0 aliphatic carbocycles. The van der Waals surface area contributed by atoms with Gasteiger partial charge in [-0.1, -0.05) is 48.5 Å². The summed E-state index contributed by atoms with van der Waals surface area (Å²) in [4.78, 5) is 27.7. The number of methoxy groups -OCH3 is 1. The minimum absolute atomic E-state index is 0.234. The van der Waals surface area contributed by atoms with Gasteiger partial charge in [0.15, 0.2) is 0 Å². The molecule has 0 unspecified atom stereocenters. The van der Waals surface area contributed by atoms with Crippen molar-refractivity contribution in [3.63, 3.8) is 0 Å². The number of carbonyl (C=O) groups is 2. The molecule has 5 heteroatoms. The van der Waals surface area contributed by atoms with Crippen LogP contribution in [0.25, 0.3) is 0 Å². The van der Waals surface area contributed by atoms with Gasteiger partial charge in [0.05, 0.1) is 6.54 Å². The first-order chi connectivity index (χ1) is 13.0. The molecule has 5 nitrogen and oxygen atoms in total. The molecule has 0 aliphatic heterocycles. The minimum atomic E-state index is -1.18. The highest BCUT2D eigenvalue weighted by atomic mass is 16.5. The molecule has 2 aromatic carbocycles. The lowest BCUT2D eigenvalue weighted by Gasteiger charge is -2.31. The number of ether oxygens (including phenoxy) is 1. The van der Waals surface area contributed by atoms with Crippen molar-refractivity contribution in [2.75, 3.05) is 25.2 Å². The van der Waals surface area contributed by atoms with Gasteiger partial charge in [0.25, 0.3) is 0 Å². The zero-order chi connectivity index (χ0) is 19.7. The van der Waals surface area contributed by atoms with Gasteiger partial charge in [-0.3, -0.25) is 9.59 Å². The Morgan fingerprint density at radius 1 is 1.00 bits per heavy atom. The predicted molar refractivity (Wildman–Crippen MR) is 107 cm³/mol. The van der Waals surface area contributed by atoms with E-state index in [-0.39, 0.29) is 11.8 Å². The van der Waals surface area contributed by atoms with Gasteiger partial charge in [-0.25, -0.2) is 0 Å². The summed E-state index contributed by atoms with van der Waals surface area (Å²) in [6.45, 7) is 4.79. The topological polar surface area (TPSA) is 58.6 Å². The maximum absolute atomic E-state index is 13.3. The second-order valence-corrected chi connectivity index (χ2v) is 6.94. The number of nitrogens with zero attached hydrogens (tertiary/aromatic N) is 1. The SMILES string of the molecule is COCCCNC(=O)C(C)(C)C(=O)N(Cc1ccccc1)c1ccccc1. The van der Waals surface area contributed by atoms with Crippen molar-refractivity contribution in [1.82, 2.24) is 5.32 Å². The standard InChI is InChI=1S/C22H28N2O3/c1-22(2,20(25)23-15-10-16-27-3)21(26)24(19-13-8-5-9-14-19)17-18-11-6-4-7-12-18/h4-9,11-14H,10,15-17H2,1-3H3,(H,23,25). The summed E-state index contributed by atoms with van der Waals surface area (Å²) < 4.78 is 4.99. The van der Waals surface area contributed by atoms with Gasteiger partial charge in [0.1, 0.15) is 5.41 Å². The summed E-state index contributed by atoms with van der Waals surface area (Å²) >= 11 is 0. The Labute approximate surface area is 161 Å². The molecule has 2 aromatic rings. The first kappa shape index (κ1) is 20.6. The van der Waals surface area contributed by atoms with Crippen LogP contribution < -0.4 is 10.2 Å². The van der Waals surface area contributed by atoms with Gasteiger partial charge in [-0.15, -0.1) is 0 Å². The maximum Gasteiger partial charge on any atom is 0.242 e. The molecule has 0 aliphatic rings. The molecule has 0 bridgehead atoms. The highest BCUT2D eigenvalue weighted by molar-refractivity contribution is 6.10. The third kappa shape index (κ3) is 5.66. The van der Waals surface area contributed by atoms with E-state index in [1.165, 1.54) is 0 Å². The maximum atomic E-state index is 13.3. The lowest BCUT2D eigenvalue weighted by Crippen LogP contribution is -2.49. The molecular formula is C22H28N2O3. The van der Waals surface area contributed by atoms with Gasteiger partial charge in [-0.2, -0.15) is 0 Å². The number of rotatable bonds is 9. The summed E-state index contributed by atoms with van der Waals surface area (Å²) in [5.74, 6) is -0.514. The Kier molecular flexibility index (Phi) is 7.55. The lowest BCUT2D eigenvalue weighted by molar-refractivity contribution is -0.139. The minimum Gasteiger partial charge on any atom is -0.385 e. The average molecular weight is 368 g/mol. The molecule has 1 N–H and O–H groups in total. The third-order valence-corrected chi connectivity index (χ3v) is 4.41. The van der Waals surface area contributed by atoms with E-state index in [0.717, 1.165) is 11.3 Å². The Morgan fingerprint density at radius 3 is 2.19 bits per heavy atom. The zero-order valence-electron chi connectivity index (χ0n) is 16.3. The second kappa shape index (κ2) is 9.88. The molecule has 0 heterocycles. The van der Waals surface area contributed by atoms with Crippen molar-refractivity contribution in [3.05, 3.63) is 66.2 Å². The van der Waals surface area contributed by atoms with Crippen LogP contribution in [0.3, 0.4) is 0 Å². The number of hydrogen-bond acceptors (Lipinski definition) is 3. The van der Waals surface area contributed by atoms with E-state index in [4.69, 9.17) is 4.74 Å². The van der Waals surface area contributed by atoms with E-state index in [1.54, 1.807) is 25.9 Å². The monoisotopic (exact) mass is 368 g/mol. The number of carbonyl (C=O) groups excluding carboxylic acids is 2. The molecule has 0 fully saturated rings. The molecule has 0 saturated carbocycles. The zero-order valence-corrected chi connectivity index (χ0v) is 16.3. The van der Waals surface area contributed by atoms with E-state index in [0.29, 0.717) is 26.1 Å².